The van der Waals surface area contributed by atoms with E-state index in [9.17, 15) is 14.6 Å². The van der Waals surface area contributed by atoms with Gasteiger partial charge in [0.1, 0.15) is 29.4 Å². The summed E-state index contributed by atoms with van der Waals surface area (Å²) in [5, 5.41) is 21.8. The number of hydrogen-bond acceptors (Lipinski definition) is 7. The Morgan fingerprint density at radius 2 is 1.94 bits per heavy atom. The third kappa shape index (κ3) is 4.54. The predicted molar refractivity (Wildman–Crippen MR) is 132 cm³/mol. The maximum atomic E-state index is 14.7. The fourth-order valence-electron chi connectivity index (χ4n) is 4.15. The van der Waals surface area contributed by atoms with E-state index in [0.29, 0.717) is 45.3 Å². The fraction of sp³-hybridized carbons (Fsp3) is 0.292. The van der Waals surface area contributed by atoms with E-state index in [1.807, 2.05) is 13.0 Å². The smallest absolute Gasteiger partial charge is 0.146 e. The standard InChI is InChI=1S/C24H26ClFN6O2/c1-12(5-14-6-19(26)17-9-18(25)23(28)31-20(17)7-14)15(10-33)8-21(13(2)34)32-4-3-16-22(27)29-11-30-24(16)32/h3-4,6-9,11-13,21,33-34H,5,10H2,1-2H3,(H2,28,31)(H2,27,29,30)/b15-8+/t12?,13-,21-/m1/s1. The fourth-order valence-corrected chi connectivity index (χ4v) is 4.31. The van der Waals surface area contributed by atoms with Crippen LogP contribution in [0.2, 0.25) is 5.02 Å². The number of hydrogen-bond donors (Lipinski definition) is 4. The van der Waals surface area contributed by atoms with Crippen molar-refractivity contribution in [2.45, 2.75) is 32.4 Å². The van der Waals surface area contributed by atoms with Crippen molar-refractivity contribution in [2.24, 2.45) is 5.92 Å². The zero-order chi connectivity index (χ0) is 24.6. The van der Waals surface area contributed by atoms with Gasteiger partial charge in [0.25, 0.3) is 0 Å². The van der Waals surface area contributed by atoms with E-state index in [1.54, 1.807) is 29.8 Å². The summed E-state index contributed by atoms with van der Waals surface area (Å²) in [4.78, 5) is 12.5. The molecule has 3 atom stereocenters. The number of pyridine rings is 1. The molecule has 4 rings (SSSR count). The zero-order valence-electron chi connectivity index (χ0n) is 18.8. The molecular weight excluding hydrogens is 459 g/mol. The highest BCUT2D eigenvalue weighted by atomic mass is 35.5. The Labute approximate surface area is 200 Å². The maximum absolute atomic E-state index is 14.7. The lowest BCUT2D eigenvalue weighted by molar-refractivity contribution is 0.152. The molecule has 0 saturated heterocycles. The van der Waals surface area contributed by atoms with Gasteiger partial charge in [-0.25, -0.2) is 19.3 Å². The number of anilines is 2. The van der Waals surface area contributed by atoms with E-state index in [4.69, 9.17) is 23.1 Å². The number of fused-ring (bicyclic) bond motifs is 2. The zero-order valence-corrected chi connectivity index (χ0v) is 19.5. The van der Waals surface area contributed by atoms with Crippen LogP contribution in [0.1, 0.15) is 25.5 Å². The Kier molecular flexibility index (Phi) is 6.70. The van der Waals surface area contributed by atoms with Crippen LogP contribution in [-0.4, -0.2) is 42.4 Å². The van der Waals surface area contributed by atoms with Crippen LogP contribution in [0.25, 0.3) is 21.9 Å². The van der Waals surface area contributed by atoms with Gasteiger partial charge in [-0.15, -0.1) is 0 Å². The number of aromatic nitrogens is 4. The molecule has 34 heavy (non-hydrogen) atoms. The van der Waals surface area contributed by atoms with Crippen LogP contribution >= 0.6 is 11.6 Å². The van der Waals surface area contributed by atoms with Gasteiger partial charge in [-0.1, -0.05) is 24.6 Å². The van der Waals surface area contributed by atoms with Crippen molar-refractivity contribution in [1.82, 2.24) is 19.5 Å². The molecule has 1 aromatic carbocycles. The second-order valence-electron chi connectivity index (χ2n) is 8.46. The maximum Gasteiger partial charge on any atom is 0.146 e. The number of aliphatic hydroxyl groups is 2. The van der Waals surface area contributed by atoms with Gasteiger partial charge >= 0.3 is 0 Å². The molecule has 0 bridgehead atoms. The molecule has 3 aromatic heterocycles. The van der Waals surface area contributed by atoms with Crippen molar-refractivity contribution in [3.05, 3.63) is 64.8 Å². The van der Waals surface area contributed by atoms with E-state index in [1.165, 1.54) is 18.5 Å². The number of nitrogens with zero attached hydrogens (tertiary/aromatic N) is 4. The first-order valence-corrected chi connectivity index (χ1v) is 11.2. The number of nitrogen functional groups attached to an aromatic ring is 2. The molecule has 3 heterocycles. The first-order chi connectivity index (χ1) is 16.2. The highest BCUT2D eigenvalue weighted by molar-refractivity contribution is 6.33. The van der Waals surface area contributed by atoms with Crippen molar-refractivity contribution in [2.75, 3.05) is 18.1 Å². The van der Waals surface area contributed by atoms with E-state index in [-0.39, 0.29) is 23.4 Å². The van der Waals surface area contributed by atoms with Gasteiger partial charge in [-0.2, -0.15) is 0 Å². The van der Waals surface area contributed by atoms with Gasteiger partial charge in [0.05, 0.1) is 34.7 Å². The molecule has 0 fully saturated rings. The van der Waals surface area contributed by atoms with E-state index in [0.717, 1.165) is 0 Å². The molecule has 1 unspecified atom stereocenters. The van der Waals surface area contributed by atoms with Crippen molar-refractivity contribution in [1.29, 1.82) is 0 Å². The molecule has 0 amide bonds. The molecule has 6 N–H and O–H groups in total. The number of benzene rings is 1. The van der Waals surface area contributed by atoms with Crippen LogP contribution in [0, 0.1) is 11.7 Å². The van der Waals surface area contributed by atoms with Crippen molar-refractivity contribution in [3.8, 4) is 0 Å². The second-order valence-corrected chi connectivity index (χ2v) is 8.86. The lowest BCUT2D eigenvalue weighted by Gasteiger charge is -2.23. The lowest BCUT2D eigenvalue weighted by atomic mass is 9.91. The van der Waals surface area contributed by atoms with Crippen LogP contribution in [0.15, 0.2) is 48.4 Å². The Morgan fingerprint density at radius 1 is 1.18 bits per heavy atom. The van der Waals surface area contributed by atoms with Crippen molar-refractivity contribution >= 4 is 45.2 Å². The topological polar surface area (TPSA) is 136 Å². The van der Waals surface area contributed by atoms with Gasteiger partial charge in [0.2, 0.25) is 0 Å². The normalized spacial score (nSPS) is 15.1. The van der Waals surface area contributed by atoms with Gasteiger partial charge in [-0.3, -0.25) is 0 Å². The molecule has 10 heteroatoms. The summed E-state index contributed by atoms with van der Waals surface area (Å²) in [6.07, 6.45) is 4.63. The largest absolute Gasteiger partial charge is 0.392 e. The molecule has 8 nitrogen and oxygen atoms in total. The van der Waals surface area contributed by atoms with Gasteiger partial charge < -0.3 is 26.2 Å². The van der Waals surface area contributed by atoms with Gasteiger partial charge in [0.15, 0.2) is 0 Å². The summed E-state index contributed by atoms with van der Waals surface area (Å²) in [7, 11) is 0. The number of nitrogens with two attached hydrogens (primary N) is 2. The summed E-state index contributed by atoms with van der Waals surface area (Å²) in [6, 6.07) is 5.95. The summed E-state index contributed by atoms with van der Waals surface area (Å²) in [5.41, 5.74) is 14.1. The highest BCUT2D eigenvalue weighted by Crippen LogP contribution is 2.29. The molecule has 4 aromatic rings. The van der Waals surface area contributed by atoms with E-state index >= 15 is 0 Å². The number of halogens is 2. The third-order valence-corrected chi connectivity index (χ3v) is 6.32. The minimum atomic E-state index is -0.782. The Hall–Kier alpha value is -3.27. The van der Waals surface area contributed by atoms with E-state index < -0.39 is 18.0 Å². The molecule has 0 saturated carbocycles. The minimum absolute atomic E-state index is 0.137. The molecule has 0 spiro atoms. The monoisotopic (exact) mass is 484 g/mol. The van der Waals surface area contributed by atoms with Crippen molar-refractivity contribution < 1.29 is 14.6 Å². The molecular formula is C24H26ClFN6O2. The first-order valence-electron chi connectivity index (χ1n) is 10.8. The molecule has 0 aliphatic carbocycles. The molecule has 178 valence electrons. The van der Waals surface area contributed by atoms with Gasteiger partial charge in [-0.05, 0) is 54.7 Å². The molecule has 0 aliphatic rings. The summed E-state index contributed by atoms with van der Waals surface area (Å²) in [5.74, 6) is -0.115. The highest BCUT2D eigenvalue weighted by Gasteiger charge is 2.21. The number of aliphatic hydroxyl groups excluding tert-OH is 2. The molecule has 0 radical (unpaired) electrons. The van der Waals surface area contributed by atoms with Crippen LogP contribution in [0.3, 0.4) is 0 Å². The van der Waals surface area contributed by atoms with Crippen LogP contribution in [-0.2, 0) is 6.42 Å². The predicted octanol–water partition coefficient (Wildman–Crippen LogP) is 3.66. The van der Waals surface area contributed by atoms with Gasteiger partial charge in [0, 0.05) is 11.6 Å². The second kappa shape index (κ2) is 9.54. The number of rotatable bonds is 7. The Bertz CT molecular complexity index is 1390. The van der Waals surface area contributed by atoms with Crippen LogP contribution < -0.4 is 11.5 Å². The SMILES string of the molecule is CC(Cc1cc(F)c2cc(Cl)c(N)nc2c1)/C(=C/[C@H]([C@@H](C)O)n1ccc2c(N)ncnc21)CO. The Balaban J connectivity index is 1.67. The summed E-state index contributed by atoms with van der Waals surface area (Å²) in [6.45, 7) is 3.37. The quantitative estimate of drug-likeness (QED) is 0.294. The lowest BCUT2D eigenvalue weighted by Crippen LogP contribution is -2.21. The van der Waals surface area contributed by atoms with Crippen LogP contribution in [0.4, 0.5) is 16.0 Å². The summed E-state index contributed by atoms with van der Waals surface area (Å²) < 4.78 is 16.5. The Morgan fingerprint density at radius 3 is 2.65 bits per heavy atom. The average Bonchev–Trinajstić information content (AvgIpc) is 3.21. The average molecular weight is 485 g/mol. The van der Waals surface area contributed by atoms with Crippen molar-refractivity contribution in [3.63, 3.8) is 0 Å². The third-order valence-electron chi connectivity index (χ3n) is 6.02. The minimum Gasteiger partial charge on any atom is -0.392 e. The summed E-state index contributed by atoms with van der Waals surface area (Å²) >= 11 is 5.98. The van der Waals surface area contributed by atoms with Crippen LogP contribution in [0.5, 0.6) is 0 Å². The molecule has 0 aliphatic heterocycles. The van der Waals surface area contributed by atoms with E-state index in [2.05, 4.69) is 15.0 Å². The first kappa shape index (κ1) is 23.9.